The minimum Gasteiger partial charge on any atom is -0.310 e. The lowest BCUT2D eigenvalue weighted by molar-refractivity contribution is 0.968. The quantitative estimate of drug-likeness (QED) is 0.176. The minimum atomic E-state index is 0.651. The third-order valence-electron chi connectivity index (χ3n) is 10.3. The Labute approximate surface area is 308 Å². The van der Waals surface area contributed by atoms with Crippen LogP contribution in [0, 0.1) is 0 Å². The fourth-order valence-electron chi connectivity index (χ4n) is 7.74. The second kappa shape index (κ2) is 13.0. The first-order valence-electron chi connectivity index (χ1n) is 18.2. The summed E-state index contributed by atoms with van der Waals surface area (Å²) >= 11 is 0. The highest BCUT2D eigenvalue weighted by Gasteiger charge is 2.19. The van der Waals surface area contributed by atoms with Crippen LogP contribution in [0.4, 0.5) is 0 Å². The number of rotatable bonds is 6. The van der Waals surface area contributed by atoms with Gasteiger partial charge in [0.25, 0.3) is 0 Å². The highest BCUT2D eigenvalue weighted by atomic mass is 15.0. The van der Waals surface area contributed by atoms with E-state index in [-0.39, 0.29) is 0 Å². The first-order chi connectivity index (χ1) is 26.3. The Morgan fingerprint density at radius 2 is 1.02 bits per heavy atom. The van der Waals surface area contributed by atoms with E-state index in [9.17, 15) is 0 Å². The molecule has 0 atom stereocenters. The number of benzene rings is 7. The van der Waals surface area contributed by atoms with Crippen LogP contribution in [0.15, 0.2) is 176 Å². The van der Waals surface area contributed by atoms with E-state index in [0.717, 1.165) is 35.1 Å². The highest BCUT2D eigenvalue weighted by Crippen LogP contribution is 2.37. The second-order valence-electron chi connectivity index (χ2n) is 13.6. The molecule has 9 aromatic rings. The van der Waals surface area contributed by atoms with Gasteiger partial charge in [0.1, 0.15) is 0 Å². The Kier molecular flexibility index (Phi) is 7.58. The number of fused-ring (bicyclic) bond motifs is 4. The molecule has 53 heavy (non-hydrogen) atoms. The fourth-order valence-corrected chi connectivity index (χ4v) is 7.74. The van der Waals surface area contributed by atoms with Gasteiger partial charge >= 0.3 is 0 Å². The fraction of sp³-hybridized carbons (Fsp3) is 0.0408. The molecule has 0 radical (unpaired) electrons. The number of aromatic nitrogens is 4. The molecule has 2 aromatic heterocycles. The molecular formula is C49H34N4. The van der Waals surface area contributed by atoms with Gasteiger partial charge in [-0.25, -0.2) is 15.0 Å². The largest absolute Gasteiger partial charge is 0.310 e. The van der Waals surface area contributed by atoms with Crippen LogP contribution in [0.25, 0.3) is 89.9 Å². The molecule has 0 fully saturated rings. The number of aryl methyl sites for hydroxylation is 1. The zero-order valence-electron chi connectivity index (χ0n) is 29.0. The van der Waals surface area contributed by atoms with Gasteiger partial charge in [-0.15, -0.1) is 0 Å². The van der Waals surface area contributed by atoms with E-state index < -0.39 is 0 Å². The monoisotopic (exact) mass is 678 g/mol. The van der Waals surface area contributed by atoms with Crippen molar-refractivity contribution in [3.05, 3.63) is 187 Å². The van der Waals surface area contributed by atoms with Gasteiger partial charge in [0, 0.05) is 33.5 Å². The number of allylic oxidation sites excluding steroid dienone is 1. The molecule has 4 heteroatoms. The van der Waals surface area contributed by atoms with E-state index in [4.69, 9.17) is 15.0 Å². The van der Waals surface area contributed by atoms with Gasteiger partial charge in [-0.05, 0) is 81.8 Å². The van der Waals surface area contributed by atoms with Crippen LogP contribution < -0.4 is 0 Å². The van der Waals surface area contributed by atoms with Crippen LogP contribution in [0.5, 0.6) is 0 Å². The predicted molar refractivity (Wildman–Crippen MR) is 219 cm³/mol. The molecule has 10 rings (SSSR count). The lowest BCUT2D eigenvalue weighted by atomic mass is 9.94. The number of hydrogen-bond acceptors (Lipinski definition) is 3. The molecule has 0 unspecified atom stereocenters. The first kappa shape index (κ1) is 30.9. The summed E-state index contributed by atoms with van der Waals surface area (Å²) in [4.78, 5) is 14.7. The Morgan fingerprint density at radius 1 is 0.434 bits per heavy atom. The van der Waals surface area contributed by atoms with Gasteiger partial charge in [0.15, 0.2) is 17.5 Å². The van der Waals surface area contributed by atoms with Crippen molar-refractivity contribution in [2.45, 2.75) is 12.8 Å². The van der Waals surface area contributed by atoms with E-state index in [1.165, 1.54) is 55.3 Å². The van der Waals surface area contributed by atoms with Crippen molar-refractivity contribution < 1.29 is 0 Å². The van der Waals surface area contributed by atoms with Crippen molar-refractivity contribution in [1.82, 2.24) is 19.5 Å². The Balaban J connectivity index is 0.995. The molecule has 0 aliphatic heterocycles. The standard InChI is InChI=1S/C49H34N4/c1-3-13-34(14-4-1)47-50-48(35-15-5-2-6-16-35)52-49(51-47)36-27-25-33(26-28-36)41-22-12-18-39-31-38(29-30-42(39)41)37-17-11-19-40(32-37)53-45-23-9-7-20-43(45)44-21-8-10-24-46(44)53/h1-7,9-20,22-32H,8,21H2. The van der Waals surface area contributed by atoms with Crippen molar-refractivity contribution >= 4 is 27.8 Å². The zero-order chi connectivity index (χ0) is 35.1. The van der Waals surface area contributed by atoms with Crippen molar-refractivity contribution in [3.8, 4) is 62.1 Å². The van der Waals surface area contributed by atoms with Crippen molar-refractivity contribution in [1.29, 1.82) is 0 Å². The Hall–Kier alpha value is -6.91. The topological polar surface area (TPSA) is 43.6 Å². The molecule has 0 saturated heterocycles. The molecule has 0 spiro atoms. The van der Waals surface area contributed by atoms with Crippen LogP contribution in [0.2, 0.25) is 0 Å². The maximum atomic E-state index is 4.92. The normalized spacial score (nSPS) is 12.3. The highest BCUT2D eigenvalue weighted by molar-refractivity contribution is 5.99. The summed E-state index contributed by atoms with van der Waals surface area (Å²) < 4.78 is 2.43. The van der Waals surface area contributed by atoms with Gasteiger partial charge in [-0.1, -0.05) is 152 Å². The molecule has 1 aliphatic rings. The first-order valence-corrected chi connectivity index (χ1v) is 18.2. The minimum absolute atomic E-state index is 0.651. The lowest BCUT2D eigenvalue weighted by Crippen LogP contribution is -2.00. The third-order valence-corrected chi connectivity index (χ3v) is 10.3. The van der Waals surface area contributed by atoms with E-state index >= 15 is 0 Å². The molecule has 7 aromatic carbocycles. The molecule has 0 saturated carbocycles. The molecule has 250 valence electrons. The van der Waals surface area contributed by atoms with Crippen LogP contribution in [0.1, 0.15) is 17.7 Å². The summed E-state index contributed by atoms with van der Waals surface area (Å²) in [7, 11) is 0. The van der Waals surface area contributed by atoms with E-state index in [0.29, 0.717) is 17.5 Å². The maximum absolute atomic E-state index is 4.92. The summed E-state index contributed by atoms with van der Waals surface area (Å²) in [6, 6.07) is 59.9. The molecule has 1 aliphatic carbocycles. The molecule has 0 bridgehead atoms. The maximum Gasteiger partial charge on any atom is 0.164 e. The molecule has 0 N–H and O–H groups in total. The van der Waals surface area contributed by atoms with Crippen LogP contribution in [0.3, 0.4) is 0 Å². The van der Waals surface area contributed by atoms with Crippen molar-refractivity contribution in [2.24, 2.45) is 0 Å². The SMILES string of the molecule is C1=Cc2c(c3ccccc3n2-c2cccc(-c3ccc4c(-c5ccc(-c6nc(-c7ccccc7)nc(-c7ccccc7)n6)cc5)cccc4c3)c2)CC1. The number of hydrogen-bond donors (Lipinski definition) is 0. The van der Waals surface area contributed by atoms with Crippen molar-refractivity contribution in [3.63, 3.8) is 0 Å². The van der Waals surface area contributed by atoms with Gasteiger partial charge in [-0.2, -0.15) is 0 Å². The van der Waals surface area contributed by atoms with Gasteiger partial charge in [0.05, 0.1) is 5.52 Å². The van der Waals surface area contributed by atoms with E-state index in [2.05, 4.69) is 126 Å². The zero-order valence-corrected chi connectivity index (χ0v) is 29.0. The average Bonchev–Trinajstić information content (AvgIpc) is 3.58. The average molecular weight is 679 g/mol. The lowest BCUT2D eigenvalue weighted by Gasteiger charge is -2.14. The molecule has 4 nitrogen and oxygen atoms in total. The summed E-state index contributed by atoms with van der Waals surface area (Å²) in [6.07, 6.45) is 6.77. The van der Waals surface area contributed by atoms with Gasteiger partial charge in [0.2, 0.25) is 0 Å². The number of para-hydroxylation sites is 1. The summed E-state index contributed by atoms with van der Waals surface area (Å²) in [5.41, 5.74) is 12.8. The van der Waals surface area contributed by atoms with Crippen LogP contribution in [-0.2, 0) is 6.42 Å². The Bertz CT molecular complexity index is 2760. The van der Waals surface area contributed by atoms with Crippen LogP contribution in [-0.4, -0.2) is 19.5 Å². The predicted octanol–water partition coefficient (Wildman–Crippen LogP) is 12.3. The molecule has 2 heterocycles. The number of nitrogens with zero attached hydrogens (tertiary/aromatic N) is 4. The van der Waals surface area contributed by atoms with Gasteiger partial charge < -0.3 is 4.57 Å². The summed E-state index contributed by atoms with van der Waals surface area (Å²) in [5, 5.41) is 3.78. The Morgan fingerprint density at radius 3 is 1.75 bits per heavy atom. The van der Waals surface area contributed by atoms with E-state index in [1.807, 2.05) is 60.7 Å². The van der Waals surface area contributed by atoms with Crippen LogP contribution >= 0.6 is 0 Å². The smallest absolute Gasteiger partial charge is 0.164 e. The molecule has 0 amide bonds. The van der Waals surface area contributed by atoms with Crippen molar-refractivity contribution in [2.75, 3.05) is 0 Å². The molecular weight excluding hydrogens is 645 g/mol. The second-order valence-corrected chi connectivity index (χ2v) is 13.6. The van der Waals surface area contributed by atoms with E-state index in [1.54, 1.807) is 0 Å². The van der Waals surface area contributed by atoms with Gasteiger partial charge in [-0.3, -0.25) is 0 Å². The summed E-state index contributed by atoms with van der Waals surface area (Å²) in [5.74, 6) is 1.97. The third kappa shape index (κ3) is 5.62. The summed E-state index contributed by atoms with van der Waals surface area (Å²) in [6.45, 7) is 0.